The van der Waals surface area contributed by atoms with Crippen LogP contribution in [-0.2, 0) is 22.7 Å². The van der Waals surface area contributed by atoms with Crippen molar-refractivity contribution in [3.8, 4) is 11.1 Å². The van der Waals surface area contributed by atoms with Gasteiger partial charge in [0, 0.05) is 18.0 Å². The Hall–Kier alpha value is -3.16. The minimum Gasteiger partial charge on any atom is -0.480 e. The maximum absolute atomic E-state index is 13.0. The zero-order valence-electron chi connectivity index (χ0n) is 17.9. The number of aliphatic carboxylic acids is 1. The molecule has 0 aliphatic carbocycles. The summed E-state index contributed by atoms with van der Waals surface area (Å²) in [6, 6.07) is 17.9. The highest BCUT2D eigenvalue weighted by atomic mass is 32.2. The predicted octanol–water partition coefficient (Wildman–Crippen LogP) is 4.40. The van der Waals surface area contributed by atoms with E-state index in [1.54, 1.807) is 30.2 Å². The van der Waals surface area contributed by atoms with Crippen LogP contribution < -0.4 is 5.32 Å². The van der Waals surface area contributed by atoms with E-state index >= 15 is 0 Å². The summed E-state index contributed by atoms with van der Waals surface area (Å²) in [5, 5.41) is 12.1. The average Bonchev–Trinajstić information content (AvgIpc) is 2.82. The Morgan fingerprint density at radius 2 is 1.84 bits per heavy atom. The highest BCUT2D eigenvalue weighted by molar-refractivity contribution is 7.98. The van der Waals surface area contributed by atoms with Gasteiger partial charge in [0.25, 0.3) is 5.91 Å². The lowest BCUT2D eigenvalue weighted by Crippen LogP contribution is -2.41. The number of benzene rings is 2. The zero-order chi connectivity index (χ0) is 22.8. The van der Waals surface area contributed by atoms with Gasteiger partial charge in [-0.2, -0.15) is 11.8 Å². The van der Waals surface area contributed by atoms with E-state index in [9.17, 15) is 14.7 Å². The molecule has 6 nitrogen and oxygen atoms in total. The minimum absolute atomic E-state index is 0.364. The van der Waals surface area contributed by atoms with Crippen LogP contribution in [-0.4, -0.2) is 40.0 Å². The van der Waals surface area contributed by atoms with Crippen molar-refractivity contribution < 1.29 is 19.4 Å². The number of rotatable bonds is 11. The molecule has 0 aliphatic rings. The molecular weight excluding hydrogens is 424 g/mol. The van der Waals surface area contributed by atoms with Gasteiger partial charge in [-0.25, -0.2) is 4.79 Å². The van der Waals surface area contributed by atoms with Crippen molar-refractivity contribution in [3.05, 3.63) is 89.7 Å². The van der Waals surface area contributed by atoms with Crippen LogP contribution in [0.25, 0.3) is 11.1 Å². The van der Waals surface area contributed by atoms with Gasteiger partial charge in [0.2, 0.25) is 0 Å². The summed E-state index contributed by atoms with van der Waals surface area (Å²) < 4.78 is 5.82. The van der Waals surface area contributed by atoms with E-state index in [1.807, 2.05) is 60.9 Å². The summed E-state index contributed by atoms with van der Waals surface area (Å²) in [7, 11) is 0. The number of ether oxygens (including phenoxy) is 1. The molecule has 1 atom stereocenters. The number of carbonyl (C=O) groups is 2. The molecule has 2 aromatic carbocycles. The second kappa shape index (κ2) is 12.0. The fraction of sp³-hybridized carbons (Fsp3) is 0.240. The highest BCUT2D eigenvalue weighted by Gasteiger charge is 2.22. The first kappa shape index (κ1) is 23.5. The van der Waals surface area contributed by atoms with Gasteiger partial charge < -0.3 is 15.2 Å². The Morgan fingerprint density at radius 1 is 1.06 bits per heavy atom. The third-order valence-corrected chi connectivity index (χ3v) is 5.53. The van der Waals surface area contributed by atoms with Crippen LogP contribution in [0.4, 0.5) is 0 Å². The lowest BCUT2D eigenvalue weighted by Gasteiger charge is -2.17. The molecule has 0 saturated carbocycles. The van der Waals surface area contributed by atoms with Crippen molar-refractivity contribution in [1.82, 2.24) is 10.3 Å². The quantitative estimate of drug-likeness (QED) is 0.450. The van der Waals surface area contributed by atoms with Gasteiger partial charge in [0.05, 0.1) is 13.2 Å². The number of carboxylic acids is 1. The van der Waals surface area contributed by atoms with Gasteiger partial charge in [0.1, 0.15) is 6.04 Å². The molecular formula is C25H26N2O4S. The van der Waals surface area contributed by atoms with Crippen molar-refractivity contribution in [2.45, 2.75) is 25.7 Å². The van der Waals surface area contributed by atoms with Gasteiger partial charge in [-0.3, -0.25) is 9.78 Å². The Kier molecular flexibility index (Phi) is 8.83. The van der Waals surface area contributed by atoms with E-state index in [4.69, 9.17) is 4.74 Å². The van der Waals surface area contributed by atoms with Crippen LogP contribution in [0.5, 0.6) is 0 Å². The first-order valence-corrected chi connectivity index (χ1v) is 11.7. The fourth-order valence-electron chi connectivity index (χ4n) is 3.24. The molecule has 0 spiro atoms. The van der Waals surface area contributed by atoms with Gasteiger partial charge >= 0.3 is 5.97 Å². The Balaban J connectivity index is 1.80. The third-order valence-electron chi connectivity index (χ3n) is 4.89. The van der Waals surface area contributed by atoms with Crippen molar-refractivity contribution >= 4 is 23.6 Å². The van der Waals surface area contributed by atoms with E-state index in [1.165, 1.54) is 0 Å². The summed E-state index contributed by atoms with van der Waals surface area (Å²) in [5.41, 5.74) is 3.95. The number of nitrogens with one attached hydrogen (secondary N) is 1. The van der Waals surface area contributed by atoms with Crippen LogP contribution >= 0.6 is 11.8 Å². The Labute approximate surface area is 192 Å². The molecule has 1 heterocycles. The maximum Gasteiger partial charge on any atom is 0.326 e. The number of carboxylic acid groups (broad SMARTS) is 1. The number of aromatic nitrogens is 1. The number of hydrogen-bond acceptors (Lipinski definition) is 5. The predicted molar refractivity (Wildman–Crippen MR) is 126 cm³/mol. The number of nitrogens with zero attached hydrogens (tertiary/aromatic N) is 1. The summed E-state index contributed by atoms with van der Waals surface area (Å²) in [4.78, 5) is 28.7. The van der Waals surface area contributed by atoms with Crippen molar-refractivity contribution in [2.75, 3.05) is 12.0 Å². The molecule has 0 fully saturated rings. The molecule has 1 unspecified atom stereocenters. The van der Waals surface area contributed by atoms with Crippen LogP contribution in [0, 0.1) is 0 Å². The molecule has 0 aliphatic heterocycles. The first-order chi connectivity index (χ1) is 15.6. The maximum atomic E-state index is 13.0. The van der Waals surface area contributed by atoms with E-state index in [2.05, 4.69) is 10.3 Å². The number of hydrogen-bond donors (Lipinski definition) is 2. The summed E-state index contributed by atoms with van der Waals surface area (Å²) in [6.07, 6.45) is 5.75. The molecule has 166 valence electrons. The van der Waals surface area contributed by atoms with E-state index < -0.39 is 17.9 Å². The Morgan fingerprint density at radius 3 is 2.53 bits per heavy atom. The van der Waals surface area contributed by atoms with Crippen molar-refractivity contribution in [1.29, 1.82) is 0 Å². The first-order valence-electron chi connectivity index (χ1n) is 10.3. The van der Waals surface area contributed by atoms with Crippen LogP contribution in [0.3, 0.4) is 0 Å². The molecule has 1 amide bonds. The van der Waals surface area contributed by atoms with Gasteiger partial charge in [-0.15, -0.1) is 0 Å². The monoisotopic (exact) mass is 450 g/mol. The molecule has 3 aromatic rings. The second-order valence-corrected chi connectivity index (χ2v) is 8.23. The van der Waals surface area contributed by atoms with Crippen LogP contribution in [0.1, 0.15) is 27.9 Å². The standard InChI is InChI=1S/C25H26N2O4S/c1-32-13-11-23(25(29)30)27-24(28)21-10-9-18(14-22(21)20-7-3-2-4-8-20)16-31-17-19-6-5-12-26-15-19/h2-10,12,14-15,23H,11,13,16-17H2,1H3,(H,27,28)(H,29,30). The van der Waals surface area contributed by atoms with E-state index in [0.717, 1.165) is 22.3 Å². The topological polar surface area (TPSA) is 88.5 Å². The molecule has 0 radical (unpaired) electrons. The molecule has 7 heteroatoms. The van der Waals surface area contributed by atoms with Crippen LogP contribution in [0.2, 0.25) is 0 Å². The molecule has 3 rings (SSSR count). The second-order valence-electron chi connectivity index (χ2n) is 7.25. The lowest BCUT2D eigenvalue weighted by atomic mass is 9.96. The summed E-state index contributed by atoms with van der Waals surface area (Å²) in [6.45, 7) is 0.814. The highest BCUT2D eigenvalue weighted by Crippen LogP contribution is 2.26. The van der Waals surface area contributed by atoms with E-state index in [-0.39, 0.29) is 0 Å². The number of thioether (sulfide) groups is 1. The third kappa shape index (κ3) is 6.67. The molecule has 1 aromatic heterocycles. The number of amides is 1. The molecule has 32 heavy (non-hydrogen) atoms. The molecule has 0 saturated heterocycles. The normalized spacial score (nSPS) is 11.7. The largest absolute Gasteiger partial charge is 0.480 e. The minimum atomic E-state index is -1.03. The molecule has 0 bridgehead atoms. The Bertz CT molecular complexity index is 1030. The number of carbonyl (C=O) groups excluding carboxylic acids is 1. The number of pyridine rings is 1. The van der Waals surface area contributed by atoms with Crippen molar-refractivity contribution in [3.63, 3.8) is 0 Å². The fourth-order valence-corrected chi connectivity index (χ4v) is 3.71. The van der Waals surface area contributed by atoms with Gasteiger partial charge in [-0.1, -0.05) is 42.5 Å². The SMILES string of the molecule is CSCCC(NC(=O)c1ccc(COCc2cccnc2)cc1-c1ccccc1)C(=O)O. The smallest absolute Gasteiger partial charge is 0.326 e. The summed E-state index contributed by atoms with van der Waals surface area (Å²) >= 11 is 1.55. The van der Waals surface area contributed by atoms with Crippen LogP contribution in [0.15, 0.2) is 73.1 Å². The van der Waals surface area contributed by atoms with Crippen molar-refractivity contribution in [2.24, 2.45) is 0 Å². The average molecular weight is 451 g/mol. The summed E-state index contributed by atoms with van der Waals surface area (Å²) in [5.74, 6) is -0.787. The van der Waals surface area contributed by atoms with E-state index in [0.29, 0.717) is 31.0 Å². The van der Waals surface area contributed by atoms with Gasteiger partial charge in [-0.05, 0) is 58.9 Å². The lowest BCUT2D eigenvalue weighted by molar-refractivity contribution is -0.139. The molecule has 2 N–H and O–H groups in total. The van der Waals surface area contributed by atoms with Gasteiger partial charge in [0.15, 0.2) is 0 Å². The zero-order valence-corrected chi connectivity index (χ0v) is 18.7.